The number of urea groups is 1. The third-order valence-electron chi connectivity index (χ3n) is 6.04. The minimum absolute atomic E-state index is 0.0707. The average Bonchev–Trinajstić information content (AvgIpc) is 3.20. The summed E-state index contributed by atoms with van der Waals surface area (Å²) in [6, 6.07) is 15.4. The van der Waals surface area contributed by atoms with Gasteiger partial charge < -0.3 is 15.5 Å². The standard InChI is InChI=1S/C29H39N5O2/c1-19(2)17-33(28(36)30-24-14-10-12-21(4)22(24)5)18-27(35)31-26-16-25(29(6,7)8)32-34(26)23-13-9-11-20(3)15-23/h9-16,19H,17-18H2,1-8H3,(H,30,36)(H,31,35). The summed E-state index contributed by atoms with van der Waals surface area (Å²) in [6.45, 7) is 16.7. The highest BCUT2D eigenvalue weighted by Crippen LogP contribution is 2.27. The first-order chi connectivity index (χ1) is 16.8. The fourth-order valence-corrected chi connectivity index (χ4v) is 3.89. The fraction of sp³-hybridized carbons (Fsp3) is 0.414. The van der Waals surface area contributed by atoms with Crippen LogP contribution in [0.4, 0.5) is 16.3 Å². The van der Waals surface area contributed by atoms with Gasteiger partial charge in [0, 0.05) is 23.7 Å². The Morgan fingerprint density at radius 1 is 1.00 bits per heavy atom. The van der Waals surface area contributed by atoms with Gasteiger partial charge in [0.1, 0.15) is 12.4 Å². The van der Waals surface area contributed by atoms with Gasteiger partial charge in [-0.2, -0.15) is 5.10 Å². The van der Waals surface area contributed by atoms with E-state index in [1.807, 2.05) is 83.1 Å². The number of amides is 3. The Kier molecular flexibility index (Phi) is 8.23. The summed E-state index contributed by atoms with van der Waals surface area (Å²) < 4.78 is 1.76. The van der Waals surface area contributed by atoms with Crippen molar-refractivity contribution in [2.75, 3.05) is 23.7 Å². The van der Waals surface area contributed by atoms with Gasteiger partial charge in [-0.15, -0.1) is 0 Å². The molecule has 7 heteroatoms. The van der Waals surface area contributed by atoms with Gasteiger partial charge in [0.25, 0.3) is 0 Å². The molecule has 36 heavy (non-hydrogen) atoms. The highest BCUT2D eigenvalue weighted by Gasteiger charge is 2.24. The predicted molar refractivity (Wildman–Crippen MR) is 147 cm³/mol. The van der Waals surface area contributed by atoms with Crippen LogP contribution in [0.2, 0.25) is 0 Å². The minimum atomic E-state index is -0.296. The van der Waals surface area contributed by atoms with Crippen molar-refractivity contribution in [1.82, 2.24) is 14.7 Å². The molecule has 0 saturated heterocycles. The third kappa shape index (κ3) is 6.74. The maximum Gasteiger partial charge on any atom is 0.322 e. The Morgan fingerprint density at radius 3 is 2.33 bits per heavy atom. The molecular weight excluding hydrogens is 450 g/mol. The van der Waals surface area contributed by atoms with Crippen LogP contribution in [0, 0.1) is 26.7 Å². The molecule has 7 nitrogen and oxygen atoms in total. The van der Waals surface area contributed by atoms with Crippen LogP contribution in [0.15, 0.2) is 48.5 Å². The molecule has 0 bridgehead atoms. The molecule has 0 atom stereocenters. The van der Waals surface area contributed by atoms with E-state index in [-0.39, 0.29) is 29.8 Å². The van der Waals surface area contributed by atoms with Crippen molar-refractivity contribution in [1.29, 1.82) is 0 Å². The number of hydrogen-bond acceptors (Lipinski definition) is 3. The van der Waals surface area contributed by atoms with Gasteiger partial charge in [-0.1, -0.05) is 58.9 Å². The Balaban J connectivity index is 1.84. The van der Waals surface area contributed by atoms with Crippen molar-refractivity contribution >= 4 is 23.4 Å². The highest BCUT2D eigenvalue weighted by molar-refractivity contribution is 5.97. The first-order valence-corrected chi connectivity index (χ1v) is 12.4. The second kappa shape index (κ2) is 11.0. The molecule has 0 aliphatic heterocycles. The first-order valence-electron chi connectivity index (χ1n) is 12.4. The number of hydrogen-bond donors (Lipinski definition) is 2. The van der Waals surface area contributed by atoms with E-state index in [2.05, 4.69) is 31.4 Å². The van der Waals surface area contributed by atoms with E-state index in [4.69, 9.17) is 5.10 Å². The molecule has 3 amide bonds. The van der Waals surface area contributed by atoms with E-state index in [1.165, 1.54) is 0 Å². The number of nitrogens with one attached hydrogen (secondary N) is 2. The topological polar surface area (TPSA) is 79.3 Å². The van der Waals surface area contributed by atoms with E-state index in [0.717, 1.165) is 33.8 Å². The minimum Gasteiger partial charge on any atom is -0.315 e. The SMILES string of the molecule is Cc1cccc(-n2nc(C(C)(C)C)cc2NC(=O)CN(CC(C)C)C(=O)Nc2cccc(C)c2C)c1. The Bertz CT molecular complexity index is 1240. The largest absolute Gasteiger partial charge is 0.322 e. The predicted octanol–water partition coefficient (Wildman–Crippen LogP) is 6.22. The molecule has 0 aliphatic carbocycles. The summed E-state index contributed by atoms with van der Waals surface area (Å²) >= 11 is 0. The Hall–Kier alpha value is -3.61. The van der Waals surface area contributed by atoms with Crippen molar-refractivity contribution in [2.24, 2.45) is 5.92 Å². The van der Waals surface area contributed by atoms with Gasteiger partial charge in [-0.05, 0) is 61.6 Å². The van der Waals surface area contributed by atoms with Gasteiger partial charge in [0.2, 0.25) is 5.91 Å². The van der Waals surface area contributed by atoms with Crippen molar-refractivity contribution in [3.8, 4) is 5.69 Å². The first kappa shape index (κ1) is 27.0. The van der Waals surface area contributed by atoms with Crippen molar-refractivity contribution in [3.63, 3.8) is 0 Å². The van der Waals surface area contributed by atoms with E-state index in [1.54, 1.807) is 9.58 Å². The van der Waals surface area contributed by atoms with Gasteiger partial charge in [-0.25, -0.2) is 9.48 Å². The molecule has 3 aromatic rings. The number of nitrogens with zero attached hydrogens (tertiary/aromatic N) is 3. The van der Waals surface area contributed by atoms with Gasteiger partial charge in [0.15, 0.2) is 0 Å². The number of aryl methyl sites for hydroxylation is 2. The zero-order chi connectivity index (χ0) is 26.6. The highest BCUT2D eigenvalue weighted by atomic mass is 16.2. The number of benzene rings is 2. The lowest BCUT2D eigenvalue weighted by Crippen LogP contribution is -2.42. The molecule has 192 valence electrons. The van der Waals surface area contributed by atoms with Crippen molar-refractivity contribution in [3.05, 3.63) is 70.9 Å². The zero-order valence-electron chi connectivity index (χ0n) is 22.8. The lowest BCUT2D eigenvalue weighted by molar-refractivity contribution is -0.116. The zero-order valence-corrected chi connectivity index (χ0v) is 22.8. The van der Waals surface area contributed by atoms with Gasteiger partial charge >= 0.3 is 6.03 Å². The van der Waals surface area contributed by atoms with E-state index in [0.29, 0.717) is 12.4 Å². The monoisotopic (exact) mass is 489 g/mol. The summed E-state index contributed by atoms with van der Waals surface area (Å²) in [5.74, 6) is 0.503. The number of anilines is 2. The van der Waals surface area contributed by atoms with Crippen LogP contribution in [0.3, 0.4) is 0 Å². The molecular formula is C29H39N5O2. The average molecular weight is 490 g/mol. The number of carbonyl (C=O) groups is 2. The normalized spacial score (nSPS) is 11.5. The van der Waals surface area contributed by atoms with Crippen LogP contribution in [0.25, 0.3) is 5.69 Å². The maximum atomic E-state index is 13.2. The molecule has 1 aromatic heterocycles. The molecule has 0 radical (unpaired) electrons. The number of carbonyl (C=O) groups excluding carboxylic acids is 2. The van der Waals surface area contributed by atoms with Crippen LogP contribution in [-0.4, -0.2) is 39.7 Å². The molecule has 2 N–H and O–H groups in total. The van der Waals surface area contributed by atoms with E-state index >= 15 is 0 Å². The van der Waals surface area contributed by atoms with Crippen LogP contribution >= 0.6 is 0 Å². The summed E-state index contributed by atoms with van der Waals surface area (Å²) in [5.41, 5.74) is 5.50. The quantitative estimate of drug-likeness (QED) is 0.413. The molecule has 0 fully saturated rings. The summed E-state index contributed by atoms with van der Waals surface area (Å²) in [7, 11) is 0. The second-order valence-corrected chi connectivity index (χ2v) is 10.9. The Labute approximate surface area is 214 Å². The van der Waals surface area contributed by atoms with Crippen molar-refractivity contribution in [2.45, 2.75) is 60.8 Å². The molecule has 0 spiro atoms. The molecule has 3 rings (SSSR count). The van der Waals surface area contributed by atoms with Gasteiger partial charge in [-0.3, -0.25) is 4.79 Å². The summed E-state index contributed by atoms with van der Waals surface area (Å²) in [5, 5.41) is 10.8. The molecule has 1 heterocycles. The van der Waals surface area contributed by atoms with E-state index < -0.39 is 0 Å². The molecule has 2 aromatic carbocycles. The van der Waals surface area contributed by atoms with Gasteiger partial charge in [0.05, 0.1) is 11.4 Å². The number of aromatic nitrogens is 2. The Morgan fingerprint density at radius 2 is 1.69 bits per heavy atom. The molecule has 0 aliphatic rings. The van der Waals surface area contributed by atoms with E-state index in [9.17, 15) is 9.59 Å². The third-order valence-corrected chi connectivity index (χ3v) is 6.04. The van der Waals surface area contributed by atoms with Crippen LogP contribution < -0.4 is 10.6 Å². The maximum absolute atomic E-state index is 13.2. The second-order valence-electron chi connectivity index (χ2n) is 10.9. The fourth-order valence-electron chi connectivity index (χ4n) is 3.89. The smallest absolute Gasteiger partial charge is 0.315 e. The van der Waals surface area contributed by atoms with Crippen LogP contribution in [-0.2, 0) is 10.2 Å². The summed E-state index contributed by atoms with van der Waals surface area (Å²) in [4.78, 5) is 28.0. The van der Waals surface area contributed by atoms with Crippen LogP contribution in [0.1, 0.15) is 57.0 Å². The lowest BCUT2D eigenvalue weighted by Gasteiger charge is -2.25. The van der Waals surface area contributed by atoms with Crippen LogP contribution in [0.5, 0.6) is 0 Å². The lowest BCUT2D eigenvalue weighted by atomic mass is 9.92. The number of rotatable bonds is 7. The molecule has 0 saturated carbocycles. The summed E-state index contributed by atoms with van der Waals surface area (Å²) in [6.07, 6.45) is 0. The van der Waals surface area contributed by atoms with Crippen molar-refractivity contribution < 1.29 is 9.59 Å². The molecule has 0 unspecified atom stereocenters.